The molecule has 5 heteroatoms. The van der Waals surface area contributed by atoms with Crippen molar-refractivity contribution in [2.24, 2.45) is 0 Å². The van der Waals surface area contributed by atoms with Gasteiger partial charge in [-0.15, -0.1) is 0 Å². The number of fused-ring (bicyclic) bond motifs is 10. The Kier molecular flexibility index (Phi) is 5.22. The molecule has 3 heterocycles. The molecule has 0 saturated carbocycles. The van der Waals surface area contributed by atoms with Crippen LogP contribution in [0.3, 0.4) is 0 Å². The van der Waals surface area contributed by atoms with Crippen LogP contribution in [0.15, 0.2) is 148 Å². The van der Waals surface area contributed by atoms with Gasteiger partial charge >= 0.3 is 0 Å². The zero-order chi connectivity index (χ0) is 30.2. The Morgan fingerprint density at radius 1 is 0.370 bits per heavy atom. The predicted molar refractivity (Wildman–Crippen MR) is 186 cm³/mol. The molecule has 0 fully saturated rings. The third-order valence-electron chi connectivity index (χ3n) is 8.90. The van der Waals surface area contributed by atoms with Gasteiger partial charge in [-0.05, 0) is 46.5 Å². The van der Waals surface area contributed by atoms with Gasteiger partial charge in [0.25, 0.3) is 0 Å². The monoisotopic (exact) mass is 589 g/mol. The Balaban J connectivity index is 1.29. The van der Waals surface area contributed by atoms with Gasteiger partial charge in [-0.2, -0.15) is 0 Å². The van der Waals surface area contributed by atoms with E-state index in [1.807, 2.05) is 72.8 Å². The summed E-state index contributed by atoms with van der Waals surface area (Å²) in [7, 11) is 0. The van der Waals surface area contributed by atoms with Gasteiger partial charge in [-0.25, -0.2) is 15.0 Å². The molecule has 10 rings (SSSR count). The van der Waals surface area contributed by atoms with E-state index in [-0.39, 0.29) is 0 Å². The lowest BCUT2D eigenvalue weighted by Crippen LogP contribution is -2.00. The van der Waals surface area contributed by atoms with Crippen molar-refractivity contribution in [3.05, 3.63) is 140 Å². The first-order valence-corrected chi connectivity index (χ1v) is 15.3. The van der Waals surface area contributed by atoms with Crippen LogP contribution in [0.4, 0.5) is 0 Å². The Morgan fingerprint density at radius 3 is 1.85 bits per heavy atom. The maximum absolute atomic E-state index is 6.66. The Labute approximate surface area is 262 Å². The van der Waals surface area contributed by atoms with E-state index in [0.717, 1.165) is 76.7 Å². The summed E-state index contributed by atoms with van der Waals surface area (Å²) in [5.41, 5.74) is 5.97. The van der Waals surface area contributed by atoms with Gasteiger partial charge in [0.1, 0.15) is 22.3 Å². The van der Waals surface area contributed by atoms with Crippen LogP contribution in [0.2, 0.25) is 0 Å². The molecule has 0 aliphatic heterocycles. The Bertz CT molecular complexity index is 2810. The minimum absolute atomic E-state index is 0.575. The highest BCUT2D eigenvalue weighted by molar-refractivity contribution is 6.26. The van der Waals surface area contributed by atoms with Gasteiger partial charge in [0.2, 0.25) is 0 Å². The van der Waals surface area contributed by atoms with Crippen LogP contribution in [-0.4, -0.2) is 15.0 Å². The minimum atomic E-state index is 0.575. The van der Waals surface area contributed by atoms with Gasteiger partial charge in [0.15, 0.2) is 17.5 Å². The number of para-hydroxylation sites is 2. The predicted octanol–water partition coefficient (Wildman–Crippen LogP) is 11.0. The molecule has 0 saturated heterocycles. The van der Waals surface area contributed by atoms with Crippen LogP contribution in [0.1, 0.15) is 0 Å². The number of hydrogen-bond acceptors (Lipinski definition) is 5. The lowest BCUT2D eigenvalue weighted by molar-refractivity contribution is 0.669. The second kappa shape index (κ2) is 9.58. The van der Waals surface area contributed by atoms with Crippen LogP contribution in [0, 0.1) is 0 Å². The summed E-state index contributed by atoms with van der Waals surface area (Å²) in [4.78, 5) is 15.3. The summed E-state index contributed by atoms with van der Waals surface area (Å²) in [6.07, 6.45) is 0. The van der Waals surface area contributed by atoms with E-state index < -0.39 is 0 Å². The fraction of sp³-hybridized carbons (Fsp3) is 0. The number of benzene rings is 7. The molecular weight excluding hydrogens is 566 g/mol. The third kappa shape index (κ3) is 3.72. The van der Waals surface area contributed by atoms with Crippen molar-refractivity contribution in [3.8, 4) is 34.2 Å². The van der Waals surface area contributed by atoms with Crippen molar-refractivity contribution in [3.63, 3.8) is 0 Å². The van der Waals surface area contributed by atoms with E-state index in [4.69, 9.17) is 23.8 Å². The van der Waals surface area contributed by atoms with Crippen LogP contribution in [0.5, 0.6) is 0 Å². The van der Waals surface area contributed by atoms with Crippen molar-refractivity contribution in [1.82, 2.24) is 15.0 Å². The van der Waals surface area contributed by atoms with Crippen molar-refractivity contribution in [1.29, 1.82) is 0 Å². The summed E-state index contributed by atoms with van der Waals surface area (Å²) in [5, 5.41) is 8.62. The smallest absolute Gasteiger partial charge is 0.164 e. The maximum atomic E-state index is 6.66. The van der Waals surface area contributed by atoms with E-state index in [2.05, 4.69) is 66.7 Å². The Morgan fingerprint density at radius 2 is 1.00 bits per heavy atom. The van der Waals surface area contributed by atoms with Gasteiger partial charge in [0.05, 0.1) is 0 Å². The van der Waals surface area contributed by atoms with Gasteiger partial charge in [-0.1, -0.05) is 109 Å². The second-order valence-electron chi connectivity index (χ2n) is 11.6. The standard InChI is InChI=1S/C41H23N3O2/c1-2-11-25(12-3-1)39-42-40(27-20-21-30-29-14-6-8-16-33(29)45-35(30)23-27)44-41(43-39)32-22-26-19-18-24-10-4-5-13-28(24)36(26)38-37(32)31-15-7-9-17-34(31)46-38/h1-23H. The molecule has 10 aromatic rings. The maximum Gasteiger partial charge on any atom is 0.164 e. The van der Waals surface area contributed by atoms with Crippen molar-refractivity contribution in [2.75, 3.05) is 0 Å². The molecule has 3 aromatic heterocycles. The molecule has 0 spiro atoms. The van der Waals surface area contributed by atoms with E-state index in [1.165, 1.54) is 5.39 Å². The van der Waals surface area contributed by atoms with Gasteiger partial charge < -0.3 is 8.83 Å². The number of hydrogen-bond donors (Lipinski definition) is 0. The summed E-state index contributed by atoms with van der Waals surface area (Å²) in [5.74, 6) is 1.76. The fourth-order valence-corrected chi connectivity index (χ4v) is 6.76. The lowest BCUT2D eigenvalue weighted by Gasteiger charge is -2.11. The molecule has 0 atom stereocenters. The van der Waals surface area contributed by atoms with E-state index in [1.54, 1.807) is 0 Å². The average Bonchev–Trinajstić information content (AvgIpc) is 3.70. The SMILES string of the molecule is c1ccc(-c2nc(-c3ccc4c(c3)oc3ccccc34)nc(-c3cc4ccc5ccccc5c4c4oc5ccccc5c34)n2)cc1. The third-order valence-corrected chi connectivity index (χ3v) is 8.90. The largest absolute Gasteiger partial charge is 0.456 e. The fourth-order valence-electron chi connectivity index (χ4n) is 6.76. The lowest BCUT2D eigenvalue weighted by atomic mass is 9.95. The zero-order valence-electron chi connectivity index (χ0n) is 24.4. The topological polar surface area (TPSA) is 65.0 Å². The number of aromatic nitrogens is 3. The van der Waals surface area contributed by atoms with Crippen LogP contribution in [-0.2, 0) is 0 Å². The Hall–Kier alpha value is -6.33. The molecule has 0 amide bonds. The molecule has 0 aliphatic rings. The van der Waals surface area contributed by atoms with Crippen LogP contribution >= 0.6 is 0 Å². The van der Waals surface area contributed by atoms with Crippen LogP contribution in [0.25, 0.3) is 99.6 Å². The van der Waals surface area contributed by atoms with Crippen molar-refractivity contribution >= 4 is 65.4 Å². The summed E-state index contributed by atoms with van der Waals surface area (Å²) in [6, 6.07) is 47.5. The second-order valence-corrected chi connectivity index (χ2v) is 11.6. The number of furan rings is 2. The molecule has 0 unspecified atom stereocenters. The molecule has 0 N–H and O–H groups in total. The molecule has 5 nitrogen and oxygen atoms in total. The first kappa shape index (κ1) is 25.0. The van der Waals surface area contributed by atoms with Gasteiger partial charge in [-0.3, -0.25) is 0 Å². The minimum Gasteiger partial charge on any atom is -0.456 e. The van der Waals surface area contributed by atoms with E-state index in [9.17, 15) is 0 Å². The molecular formula is C41H23N3O2. The van der Waals surface area contributed by atoms with Crippen molar-refractivity contribution in [2.45, 2.75) is 0 Å². The number of rotatable bonds is 3. The summed E-state index contributed by atoms with van der Waals surface area (Å²) < 4.78 is 12.9. The molecule has 214 valence electrons. The molecule has 0 radical (unpaired) electrons. The summed E-state index contributed by atoms with van der Waals surface area (Å²) in [6.45, 7) is 0. The number of nitrogens with zero attached hydrogens (tertiary/aromatic N) is 3. The highest BCUT2D eigenvalue weighted by Crippen LogP contribution is 2.43. The summed E-state index contributed by atoms with van der Waals surface area (Å²) >= 11 is 0. The molecule has 0 aliphatic carbocycles. The average molecular weight is 590 g/mol. The van der Waals surface area contributed by atoms with E-state index in [0.29, 0.717) is 17.5 Å². The van der Waals surface area contributed by atoms with Crippen LogP contribution < -0.4 is 0 Å². The van der Waals surface area contributed by atoms with E-state index >= 15 is 0 Å². The highest BCUT2D eigenvalue weighted by Gasteiger charge is 2.21. The zero-order valence-corrected chi connectivity index (χ0v) is 24.4. The molecule has 7 aromatic carbocycles. The first-order valence-electron chi connectivity index (χ1n) is 15.3. The molecule has 46 heavy (non-hydrogen) atoms. The quantitative estimate of drug-likeness (QED) is 0.192. The normalized spacial score (nSPS) is 11.9. The van der Waals surface area contributed by atoms with Crippen molar-refractivity contribution < 1.29 is 8.83 Å². The first-order chi connectivity index (χ1) is 22.8. The highest BCUT2D eigenvalue weighted by atomic mass is 16.3. The van der Waals surface area contributed by atoms with Gasteiger partial charge in [0, 0.05) is 43.6 Å². The molecule has 0 bridgehead atoms.